The number of rotatable bonds is 4. The van der Waals surface area contributed by atoms with Gasteiger partial charge in [0.1, 0.15) is 17.7 Å². The highest BCUT2D eigenvalue weighted by Crippen LogP contribution is 2.24. The number of hydrogen-bond acceptors (Lipinski definition) is 5. The fourth-order valence-corrected chi connectivity index (χ4v) is 2.80. The van der Waals surface area contributed by atoms with Crippen molar-refractivity contribution in [2.45, 2.75) is 45.4 Å². The van der Waals surface area contributed by atoms with E-state index in [1.54, 1.807) is 13.4 Å². The van der Waals surface area contributed by atoms with Crippen molar-refractivity contribution < 1.29 is 9.47 Å². The molecule has 6 nitrogen and oxygen atoms in total. The van der Waals surface area contributed by atoms with Crippen LogP contribution in [0, 0.1) is 13.8 Å². The first-order valence-corrected chi connectivity index (χ1v) is 6.98. The van der Waals surface area contributed by atoms with E-state index < -0.39 is 0 Å². The summed E-state index contributed by atoms with van der Waals surface area (Å²) in [4.78, 5) is 13.1. The van der Waals surface area contributed by atoms with Crippen LogP contribution in [0.2, 0.25) is 0 Å². The molecule has 20 heavy (non-hydrogen) atoms. The van der Waals surface area contributed by atoms with E-state index in [4.69, 9.17) is 9.47 Å². The summed E-state index contributed by atoms with van der Waals surface area (Å²) in [5.74, 6) is 0.961. The van der Waals surface area contributed by atoms with Crippen molar-refractivity contribution in [3.63, 3.8) is 0 Å². The van der Waals surface area contributed by atoms with Gasteiger partial charge >= 0.3 is 0 Å². The third-order valence-corrected chi connectivity index (χ3v) is 3.84. The second kappa shape index (κ2) is 5.46. The highest BCUT2D eigenvalue weighted by molar-refractivity contribution is 5.73. The van der Waals surface area contributed by atoms with Gasteiger partial charge in [0.15, 0.2) is 5.65 Å². The Morgan fingerprint density at radius 3 is 2.90 bits per heavy atom. The molecule has 0 aliphatic carbocycles. The van der Waals surface area contributed by atoms with Gasteiger partial charge in [-0.05, 0) is 26.7 Å². The van der Waals surface area contributed by atoms with Crippen LogP contribution < -0.4 is 0 Å². The zero-order valence-electron chi connectivity index (χ0n) is 12.2. The van der Waals surface area contributed by atoms with Gasteiger partial charge in [0, 0.05) is 7.11 Å². The molecule has 6 heteroatoms. The van der Waals surface area contributed by atoms with Crippen LogP contribution in [0.5, 0.6) is 0 Å². The van der Waals surface area contributed by atoms with Crippen LogP contribution in [0.1, 0.15) is 24.4 Å². The largest absolute Gasteiger partial charge is 0.382 e. The molecule has 1 aliphatic rings. The molecule has 0 aromatic carbocycles. The van der Waals surface area contributed by atoms with Crippen LogP contribution in [0.15, 0.2) is 6.33 Å². The third-order valence-electron chi connectivity index (χ3n) is 3.84. The zero-order chi connectivity index (χ0) is 14.1. The van der Waals surface area contributed by atoms with Crippen LogP contribution in [-0.2, 0) is 16.0 Å². The van der Waals surface area contributed by atoms with Gasteiger partial charge in [0.2, 0.25) is 0 Å². The van der Waals surface area contributed by atoms with Gasteiger partial charge in [0.05, 0.1) is 31.1 Å². The number of nitrogens with zero attached hydrogens (tertiary/aromatic N) is 4. The average Bonchev–Trinajstić information content (AvgIpc) is 2.98. The van der Waals surface area contributed by atoms with Crippen LogP contribution in [0.3, 0.4) is 0 Å². The molecule has 2 atom stereocenters. The molecule has 0 bridgehead atoms. The summed E-state index contributed by atoms with van der Waals surface area (Å²) in [5, 5.41) is 0. The summed E-state index contributed by atoms with van der Waals surface area (Å²) < 4.78 is 13.3. The molecule has 1 saturated heterocycles. The predicted molar refractivity (Wildman–Crippen MR) is 74.6 cm³/mol. The Hall–Kier alpha value is -1.53. The lowest BCUT2D eigenvalue weighted by Crippen LogP contribution is -2.20. The second-order valence-electron chi connectivity index (χ2n) is 5.31. The van der Waals surface area contributed by atoms with E-state index in [0.717, 1.165) is 42.1 Å². The Bertz CT molecular complexity index is 610. The normalized spacial score (nSPS) is 22.8. The van der Waals surface area contributed by atoms with E-state index in [1.165, 1.54) is 0 Å². The van der Waals surface area contributed by atoms with E-state index in [1.807, 2.05) is 13.8 Å². The fraction of sp³-hybridized carbons (Fsp3) is 0.643. The van der Waals surface area contributed by atoms with Crippen LogP contribution in [-0.4, -0.2) is 45.4 Å². The summed E-state index contributed by atoms with van der Waals surface area (Å²) in [6, 6.07) is 0. The number of aromatic nitrogens is 4. The minimum absolute atomic E-state index is 0.210. The molecule has 2 aromatic heterocycles. The maximum absolute atomic E-state index is 5.99. The van der Waals surface area contributed by atoms with Crippen molar-refractivity contribution >= 4 is 11.2 Å². The van der Waals surface area contributed by atoms with E-state index >= 15 is 0 Å². The van der Waals surface area contributed by atoms with Gasteiger partial charge in [-0.25, -0.2) is 15.0 Å². The van der Waals surface area contributed by atoms with E-state index in [-0.39, 0.29) is 12.2 Å². The first kappa shape index (κ1) is 13.5. The first-order valence-electron chi connectivity index (χ1n) is 6.98. The Labute approximate surface area is 118 Å². The lowest BCUT2D eigenvalue weighted by atomic mass is 10.2. The van der Waals surface area contributed by atoms with Crippen molar-refractivity contribution in [1.29, 1.82) is 0 Å². The summed E-state index contributed by atoms with van der Waals surface area (Å²) in [6.45, 7) is 5.42. The summed E-state index contributed by atoms with van der Waals surface area (Å²) in [5.41, 5.74) is 2.70. The number of fused-ring (bicyclic) bond motifs is 1. The third kappa shape index (κ3) is 2.41. The highest BCUT2D eigenvalue weighted by Gasteiger charge is 2.26. The summed E-state index contributed by atoms with van der Waals surface area (Å²) in [7, 11) is 1.71. The van der Waals surface area contributed by atoms with Crippen molar-refractivity contribution in [2.24, 2.45) is 0 Å². The Morgan fingerprint density at radius 1 is 1.30 bits per heavy atom. The van der Waals surface area contributed by atoms with Gasteiger partial charge in [-0.15, -0.1) is 0 Å². The number of ether oxygens (including phenoxy) is 2. The lowest BCUT2D eigenvalue weighted by molar-refractivity contribution is -0.00694. The molecule has 0 spiro atoms. The maximum atomic E-state index is 5.99. The Balaban J connectivity index is 1.81. The van der Waals surface area contributed by atoms with Crippen LogP contribution in [0.4, 0.5) is 0 Å². The van der Waals surface area contributed by atoms with Crippen molar-refractivity contribution in [3.8, 4) is 0 Å². The highest BCUT2D eigenvalue weighted by atomic mass is 16.5. The molecule has 1 aliphatic heterocycles. The standard InChI is InChI=1S/C14H20N4O2/c1-9-13-14(16-8-15-9)18(10(2)17-13)6-11-4-5-12(20-11)7-19-3/h8,11-12H,4-7H2,1-3H3/t11-,12?/m1/s1. The topological polar surface area (TPSA) is 62.1 Å². The van der Waals surface area contributed by atoms with Gasteiger partial charge < -0.3 is 14.0 Å². The van der Waals surface area contributed by atoms with Crippen molar-refractivity contribution in [1.82, 2.24) is 19.5 Å². The molecule has 0 saturated carbocycles. The first-order chi connectivity index (χ1) is 9.69. The SMILES string of the molecule is COCC1CC[C@H](Cn2c(C)nc3c(C)ncnc32)O1. The molecule has 0 N–H and O–H groups in total. The predicted octanol–water partition coefficient (Wildman–Crippen LogP) is 1.64. The van der Waals surface area contributed by atoms with Gasteiger partial charge in [0.25, 0.3) is 0 Å². The number of aryl methyl sites for hydroxylation is 2. The molecular formula is C14H20N4O2. The summed E-state index contributed by atoms with van der Waals surface area (Å²) >= 11 is 0. The van der Waals surface area contributed by atoms with E-state index in [0.29, 0.717) is 6.61 Å². The molecule has 3 heterocycles. The van der Waals surface area contributed by atoms with Gasteiger partial charge in [-0.1, -0.05) is 0 Å². The Morgan fingerprint density at radius 2 is 2.10 bits per heavy atom. The van der Waals surface area contributed by atoms with Crippen molar-refractivity contribution in [3.05, 3.63) is 17.8 Å². The fourth-order valence-electron chi connectivity index (χ4n) is 2.80. The molecule has 108 valence electrons. The monoisotopic (exact) mass is 276 g/mol. The van der Waals surface area contributed by atoms with Gasteiger partial charge in [-0.2, -0.15) is 0 Å². The molecule has 0 amide bonds. The van der Waals surface area contributed by atoms with Crippen LogP contribution >= 0.6 is 0 Å². The second-order valence-corrected chi connectivity index (χ2v) is 5.31. The Kier molecular flexibility index (Phi) is 3.67. The van der Waals surface area contributed by atoms with Crippen molar-refractivity contribution in [2.75, 3.05) is 13.7 Å². The number of hydrogen-bond donors (Lipinski definition) is 0. The zero-order valence-corrected chi connectivity index (χ0v) is 12.2. The molecule has 1 unspecified atom stereocenters. The summed E-state index contributed by atoms with van der Waals surface area (Å²) in [6.07, 6.45) is 4.13. The molecule has 2 aromatic rings. The maximum Gasteiger partial charge on any atom is 0.163 e. The van der Waals surface area contributed by atoms with E-state index in [2.05, 4.69) is 19.5 Å². The number of imidazole rings is 1. The van der Waals surface area contributed by atoms with Crippen LogP contribution in [0.25, 0.3) is 11.2 Å². The average molecular weight is 276 g/mol. The smallest absolute Gasteiger partial charge is 0.163 e. The number of methoxy groups -OCH3 is 1. The lowest BCUT2D eigenvalue weighted by Gasteiger charge is -2.15. The van der Waals surface area contributed by atoms with E-state index in [9.17, 15) is 0 Å². The molecular weight excluding hydrogens is 256 g/mol. The minimum atomic E-state index is 0.210. The molecule has 3 rings (SSSR count). The molecule has 0 radical (unpaired) electrons. The molecule has 1 fully saturated rings. The minimum Gasteiger partial charge on any atom is -0.382 e. The quantitative estimate of drug-likeness (QED) is 0.849. The van der Waals surface area contributed by atoms with Gasteiger partial charge in [-0.3, -0.25) is 0 Å².